The summed E-state index contributed by atoms with van der Waals surface area (Å²) in [5.41, 5.74) is 0.985. The highest BCUT2D eigenvalue weighted by atomic mass is 35.5. The van der Waals surface area contributed by atoms with E-state index in [1.807, 2.05) is 23.1 Å². The topological polar surface area (TPSA) is 51.7 Å². The number of carbonyl (C=O) groups is 1. The number of aromatic nitrogens is 1. The normalized spacial score (nSPS) is 16.6. The van der Waals surface area contributed by atoms with Gasteiger partial charge in [0.25, 0.3) is 0 Å². The number of ether oxygens (including phenoxy) is 2. The van der Waals surface area contributed by atoms with E-state index in [-0.39, 0.29) is 11.9 Å². The van der Waals surface area contributed by atoms with E-state index in [9.17, 15) is 4.79 Å². The van der Waals surface area contributed by atoms with Crippen LogP contribution in [-0.2, 0) is 4.79 Å². The van der Waals surface area contributed by atoms with Crippen molar-refractivity contribution in [1.29, 1.82) is 0 Å². The molecule has 0 aliphatic carbocycles. The summed E-state index contributed by atoms with van der Waals surface area (Å²) in [4.78, 5) is 19.0. The molecule has 138 valence electrons. The number of methoxy groups -OCH3 is 2. The first kappa shape index (κ1) is 18.9. The number of benzene rings is 1. The molecule has 2 heterocycles. The van der Waals surface area contributed by atoms with Crippen LogP contribution in [0.25, 0.3) is 0 Å². The van der Waals surface area contributed by atoms with Crippen molar-refractivity contribution >= 4 is 29.3 Å². The Kier molecular flexibility index (Phi) is 6.27. The van der Waals surface area contributed by atoms with Crippen LogP contribution in [0.3, 0.4) is 0 Å². The molecule has 0 radical (unpaired) electrons. The fourth-order valence-corrected chi connectivity index (χ4v) is 4.23. The zero-order valence-corrected chi connectivity index (χ0v) is 16.3. The number of halogens is 1. The minimum atomic E-state index is -0.00708. The predicted octanol–water partition coefficient (Wildman–Crippen LogP) is 4.21. The van der Waals surface area contributed by atoms with E-state index in [0.29, 0.717) is 15.8 Å². The zero-order chi connectivity index (χ0) is 18.5. The van der Waals surface area contributed by atoms with E-state index in [1.54, 1.807) is 32.5 Å². The summed E-state index contributed by atoms with van der Waals surface area (Å²) in [7, 11) is 3.28. The lowest BCUT2D eigenvalue weighted by Crippen LogP contribution is -2.32. The van der Waals surface area contributed by atoms with Crippen molar-refractivity contribution < 1.29 is 14.3 Å². The van der Waals surface area contributed by atoms with Crippen LogP contribution < -0.4 is 9.47 Å². The highest BCUT2D eigenvalue weighted by Gasteiger charge is 2.32. The first-order valence-corrected chi connectivity index (χ1v) is 9.75. The summed E-state index contributed by atoms with van der Waals surface area (Å²) >= 11 is 7.49. The predicted molar refractivity (Wildman–Crippen MR) is 103 cm³/mol. The average molecular weight is 393 g/mol. The number of thioether (sulfide) groups is 1. The molecule has 0 bridgehead atoms. The Morgan fingerprint density at radius 2 is 2.19 bits per heavy atom. The molecule has 3 rings (SSSR count). The van der Waals surface area contributed by atoms with Crippen molar-refractivity contribution in [2.24, 2.45) is 0 Å². The molecule has 1 amide bonds. The quantitative estimate of drug-likeness (QED) is 0.689. The minimum absolute atomic E-state index is 0.00708. The molecule has 1 atom stereocenters. The third-order valence-electron chi connectivity index (χ3n) is 4.43. The van der Waals surface area contributed by atoms with Gasteiger partial charge in [0.2, 0.25) is 5.91 Å². The number of pyridine rings is 1. The largest absolute Gasteiger partial charge is 0.497 e. The number of rotatable bonds is 6. The fourth-order valence-electron chi connectivity index (χ4n) is 3.18. The Morgan fingerprint density at radius 1 is 1.35 bits per heavy atom. The van der Waals surface area contributed by atoms with E-state index in [1.165, 1.54) is 11.8 Å². The van der Waals surface area contributed by atoms with Crippen LogP contribution in [0.1, 0.15) is 24.4 Å². The van der Waals surface area contributed by atoms with Crippen LogP contribution in [0.4, 0.5) is 0 Å². The number of nitrogens with zero attached hydrogens (tertiary/aromatic N) is 2. The van der Waals surface area contributed by atoms with E-state index < -0.39 is 0 Å². The van der Waals surface area contributed by atoms with Gasteiger partial charge in [0, 0.05) is 18.3 Å². The Labute approximate surface area is 162 Å². The lowest BCUT2D eigenvalue weighted by Gasteiger charge is -2.26. The molecule has 1 fully saturated rings. The monoisotopic (exact) mass is 392 g/mol. The second-order valence-electron chi connectivity index (χ2n) is 5.93. The molecule has 1 aromatic carbocycles. The number of hydrogen-bond donors (Lipinski definition) is 0. The lowest BCUT2D eigenvalue weighted by atomic mass is 10.0. The highest BCUT2D eigenvalue weighted by molar-refractivity contribution is 8.00. The van der Waals surface area contributed by atoms with Crippen LogP contribution in [0.2, 0.25) is 5.02 Å². The molecule has 5 nitrogen and oxygen atoms in total. The molecule has 0 spiro atoms. The number of hydrogen-bond acceptors (Lipinski definition) is 5. The van der Waals surface area contributed by atoms with Gasteiger partial charge in [-0.2, -0.15) is 0 Å². The summed E-state index contributed by atoms with van der Waals surface area (Å²) in [6.45, 7) is 0.736. The molecule has 1 saturated heterocycles. The molecule has 2 aromatic rings. The molecule has 1 aromatic heterocycles. The van der Waals surface area contributed by atoms with Gasteiger partial charge in [0.15, 0.2) is 0 Å². The van der Waals surface area contributed by atoms with Crippen LogP contribution >= 0.6 is 23.4 Å². The molecular formula is C19H21ClN2O3S. The van der Waals surface area contributed by atoms with Gasteiger partial charge in [0.05, 0.1) is 31.0 Å². The van der Waals surface area contributed by atoms with Crippen LogP contribution in [0, 0.1) is 0 Å². The Morgan fingerprint density at radius 3 is 2.92 bits per heavy atom. The Balaban J connectivity index is 1.75. The molecule has 7 heteroatoms. The van der Waals surface area contributed by atoms with Gasteiger partial charge in [-0.05, 0) is 43.2 Å². The lowest BCUT2D eigenvalue weighted by molar-refractivity contribution is -0.129. The van der Waals surface area contributed by atoms with Crippen molar-refractivity contribution in [2.75, 3.05) is 26.5 Å². The Bertz CT molecular complexity index is 787. The fraction of sp³-hybridized carbons (Fsp3) is 0.368. The van der Waals surface area contributed by atoms with Gasteiger partial charge in [0.1, 0.15) is 16.5 Å². The van der Waals surface area contributed by atoms with Crippen molar-refractivity contribution in [3.05, 3.63) is 47.1 Å². The second-order valence-corrected chi connectivity index (χ2v) is 7.30. The average Bonchev–Trinajstić information content (AvgIpc) is 3.16. The molecule has 1 aliphatic heterocycles. The van der Waals surface area contributed by atoms with Crippen molar-refractivity contribution in [1.82, 2.24) is 9.88 Å². The molecule has 0 N–H and O–H groups in total. The van der Waals surface area contributed by atoms with Crippen molar-refractivity contribution in [3.8, 4) is 11.5 Å². The van der Waals surface area contributed by atoms with Gasteiger partial charge in [-0.3, -0.25) is 4.79 Å². The van der Waals surface area contributed by atoms with Crippen molar-refractivity contribution in [3.63, 3.8) is 0 Å². The summed E-state index contributed by atoms with van der Waals surface area (Å²) in [6.07, 6.45) is 3.55. The first-order valence-electron chi connectivity index (χ1n) is 8.38. The van der Waals surface area contributed by atoms with E-state index in [2.05, 4.69) is 4.98 Å². The van der Waals surface area contributed by atoms with Gasteiger partial charge >= 0.3 is 0 Å². The van der Waals surface area contributed by atoms with Gasteiger partial charge in [-0.1, -0.05) is 23.4 Å². The van der Waals surface area contributed by atoms with E-state index >= 15 is 0 Å². The number of carbonyl (C=O) groups excluding carboxylic acids is 1. The third kappa shape index (κ3) is 4.07. The summed E-state index contributed by atoms with van der Waals surface area (Å²) in [5, 5.41) is 1.25. The van der Waals surface area contributed by atoms with Crippen LogP contribution in [0.15, 0.2) is 41.6 Å². The van der Waals surface area contributed by atoms with Gasteiger partial charge in [-0.15, -0.1) is 0 Å². The number of amides is 1. The molecular weight excluding hydrogens is 372 g/mol. The second kappa shape index (κ2) is 8.64. The molecule has 1 unspecified atom stereocenters. The maximum Gasteiger partial charge on any atom is 0.233 e. The first-order chi connectivity index (χ1) is 12.6. The smallest absolute Gasteiger partial charge is 0.233 e. The number of likely N-dealkylation sites (tertiary alicyclic amines) is 1. The highest BCUT2D eigenvalue weighted by Crippen LogP contribution is 2.39. The molecule has 1 aliphatic rings. The maximum absolute atomic E-state index is 12.8. The Hall–Kier alpha value is -1.92. The van der Waals surface area contributed by atoms with Gasteiger partial charge < -0.3 is 14.4 Å². The van der Waals surface area contributed by atoms with E-state index in [4.69, 9.17) is 21.1 Å². The van der Waals surface area contributed by atoms with Gasteiger partial charge in [-0.25, -0.2) is 4.98 Å². The zero-order valence-electron chi connectivity index (χ0n) is 14.8. The summed E-state index contributed by atoms with van der Waals surface area (Å²) in [5.74, 6) is 1.91. The SMILES string of the molecule is COc1ccc(OC)c(C2CCCN2C(=O)CSc2ncccc2Cl)c1. The van der Waals surface area contributed by atoms with Crippen LogP contribution in [-0.4, -0.2) is 42.3 Å². The van der Waals surface area contributed by atoms with Crippen LogP contribution in [0.5, 0.6) is 11.5 Å². The summed E-state index contributed by atoms with van der Waals surface area (Å²) < 4.78 is 10.8. The molecule has 0 saturated carbocycles. The van der Waals surface area contributed by atoms with E-state index in [0.717, 1.165) is 36.4 Å². The summed E-state index contributed by atoms with van der Waals surface area (Å²) in [6, 6.07) is 9.26. The standard InChI is InChI=1S/C19H21ClN2O3S/c1-24-13-7-8-17(25-2)14(11-13)16-6-4-10-22(16)18(23)12-26-19-15(20)5-3-9-21-19/h3,5,7-9,11,16H,4,6,10,12H2,1-2H3. The maximum atomic E-state index is 12.8. The third-order valence-corrected chi connectivity index (χ3v) is 5.83. The van der Waals surface area contributed by atoms with Crippen molar-refractivity contribution in [2.45, 2.75) is 23.9 Å². The minimum Gasteiger partial charge on any atom is -0.497 e. The molecule has 26 heavy (non-hydrogen) atoms.